The van der Waals surface area contributed by atoms with E-state index in [-0.39, 0.29) is 206 Å². The van der Waals surface area contributed by atoms with E-state index in [1.165, 1.54) is 6.92 Å². The van der Waals surface area contributed by atoms with Gasteiger partial charge in [0.2, 0.25) is 11.9 Å². The summed E-state index contributed by atoms with van der Waals surface area (Å²) in [4.78, 5) is 45.3. The summed E-state index contributed by atoms with van der Waals surface area (Å²) in [6.45, 7) is 39.8. The number of nitrogens with two attached hydrogens (primary N) is 2. The van der Waals surface area contributed by atoms with Crippen molar-refractivity contribution in [3.8, 4) is 52.0 Å². The number of H-pyrrole nitrogens is 1. The van der Waals surface area contributed by atoms with Crippen molar-refractivity contribution in [1.29, 1.82) is 15.8 Å². The fraction of sp³-hybridized carbons (Fsp3) is 0.391. The second-order valence-electron chi connectivity index (χ2n) is 31.2. The molecule has 124 heavy (non-hydrogen) atoms. The Labute approximate surface area is 861 Å². The molecular formula is C87H113B2BrClCs2N19O12. The van der Waals surface area contributed by atoms with Gasteiger partial charge in [0.15, 0.2) is 0 Å². The van der Waals surface area contributed by atoms with E-state index in [1.807, 2.05) is 168 Å². The minimum Gasteiger partial charge on any atom is -1.00 e. The number of halogens is 2. The zero-order valence-corrected chi connectivity index (χ0v) is 89.1. The van der Waals surface area contributed by atoms with Gasteiger partial charge in [-0.3, -0.25) is 39.2 Å². The van der Waals surface area contributed by atoms with Gasteiger partial charge in [0.05, 0.1) is 140 Å². The predicted molar refractivity (Wildman–Crippen MR) is 473 cm³/mol. The summed E-state index contributed by atoms with van der Waals surface area (Å²) < 4.78 is 27.3. The number of nitrogens with zero attached hydrogens (tertiary/aromatic N) is 16. The standard InChI is InChI=1S/C24H23N7O.C18H26BN3O3.C12H9ClN4.C9H15BN2O2.C9H12BrNO.C9H13NO2.C2H3N.C2H6.CH2O3.CH4.2Cs.H/c1-15-16(11-25)6-4-8-19(15)21-10-20(29-23(26)30-21)17-12-27-31(13-17)14-18-7-5-9-22(28-18)24(2,3)32;1-16(2,23)15-9-7-8-14(21-15)12-22-11-13(10-20-22)19-24-17(3,4)18(5,6)25-19;1-7-8(6-14)3-2-4-9(7)10-5-11(13)17-12(15)16-10;1-8(2)9(3,4)14-10(13-8)7-5-11-12-6-7;1-9(2,12)8-5-3-4-7(6-10)11-8;1-9(2,12)8-5-3-4-7(6-11)10-8;1-2-3;1-2;2-1-4-3;;;;/h4-10,12-13,32H,14H2,1-3H3,(H2,26,29,30);7-11,23H,12H2,1-6H3;2-5H,1H3,(H2,15,16,17);5-6H,1-4H3,(H,11,12);3-5,12H,6H2,1-2H3;3-5,11-12H,6H2,1-2H3;1H3;1-2H3;1,3H;1H4;;;/q;;;;;;;;;;2*+1;-1/p-1. The quantitative estimate of drug-likeness (QED) is 0.0131. The van der Waals surface area contributed by atoms with Crippen LogP contribution in [-0.4, -0.2) is 138 Å². The average molecular weight is 2020 g/mol. The normalized spacial score (nSPS) is 13.5. The van der Waals surface area contributed by atoms with Crippen LogP contribution in [0.3, 0.4) is 0 Å². The molecule has 2 aromatic carbocycles. The van der Waals surface area contributed by atoms with Crippen LogP contribution in [0.25, 0.3) is 33.8 Å². The first-order chi connectivity index (χ1) is 56.7. The number of nitrogen functional groups attached to an aromatic ring is 2. The summed E-state index contributed by atoms with van der Waals surface area (Å²) >= 11 is 9.14. The van der Waals surface area contributed by atoms with Crippen LogP contribution in [0.5, 0.6) is 0 Å². The van der Waals surface area contributed by atoms with E-state index in [9.17, 15) is 25.7 Å². The largest absolute Gasteiger partial charge is 1.00 e. The van der Waals surface area contributed by atoms with Crippen molar-refractivity contribution in [3.05, 3.63) is 231 Å². The van der Waals surface area contributed by atoms with Gasteiger partial charge in [-0.25, -0.2) is 19.9 Å². The number of rotatable bonds is 16. The Morgan fingerprint density at radius 2 is 0.903 bits per heavy atom. The molecule has 37 heteroatoms. The van der Waals surface area contributed by atoms with Gasteiger partial charge >= 0.3 is 152 Å². The smallest absolute Gasteiger partial charge is 1.00 e. The third-order valence-electron chi connectivity index (χ3n) is 18.8. The number of benzene rings is 2. The Bertz CT molecular complexity index is 5210. The van der Waals surface area contributed by atoms with Gasteiger partial charge in [-0.1, -0.05) is 97.3 Å². The molecule has 650 valence electrons. The molecule has 0 unspecified atom stereocenters. The van der Waals surface area contributed by atoms with Crippen LogP contribution < -0.4 is 165 Å². The molecule has 2 saturated heterocycles. The summed E-state index contributed by atoms with van der Waals surface area (Å²) in [5.41, 5.74) is 21.2. The predicted octanol–water partition coefficient (Wildman–Crippen LogP) is 6.31. The van der Waals surface area contributed by atoms with Crippen LogP contribution in [-0.2, 0) is 75.7 Å². The Hall–Kier alpha value is -7.03. The summed E-state index contributed by atoms with van der Waals surface area (Å²) in [6, 6.07) is 42.5. The van der Waals surface area contributed by atoms with Crippen molar-refractivity contribution < 1.29 is 198 Å². The van der Waals surface area contributed by atoms with E-state index >= 15 is 0 Å². The molecule has 0 aliphatic carbocycles. The monoisotopic (exact) mass is 2020 g/mol. The van der Waals surface area contributed by atoms with E-state index in [1.54, 1.807) is 144 Å². The number of alkyl halides is 1. The number of aliphatic hydroxyl groups is 5. The molecule has 2 aliphatic heterocycles. The number of aromatic amines is 1. The maximum Gasteiger partial charge on any atom is 1.00 e. The van der Waals surface area contributed by atoms with Crippen molar-refractivity contribution in [2.24, 2.45) is 0 Å². The number of carbonyl (C=O) groups is 1. The second-order valence-corrected chi connectivity index (χ2v) is 32.2. The molecular weight excluding hydrogens is 1910 g/mol. The molecule has 0 saturated carbocycles. The number of pyridine rings is 4. The molecule has 0 radical (unpaired) electrons. The molecule has 0 amide bonds. The Morgan fingerprint density at radius 3 is 1.27 bits per heavy atom. The van der Waals surface area contributed by atoms with Crippen molar-refractivity contribution in [1.82, 2.24) is 69.6 Å². The maximum atomic E-state index is 10.2. The number of anilines is 2. The minimum absolute atomic E-state index is 0. The summed E-state index contributed by atoms with van der Waals surface area (Å²) in [7, 11) is -0.729. The Morgan fingerprint density at radius 1 is 0.556 bits per heavy atom. The van der Waals surface area contributed by atoms with Gasteiger partial charge in [0.25, 0.3) is 6.47 Å². The number of nitriles is 3. The molecule has 11 heterocycles. The van der Waals surface area contributed by atoms with Gasteiger partial charge in [-0.15, -0.1) is 0 Å². The second kappa shape index (κ2) is 51.2. The first kappa shape index (κ1) is 113. The fourth-order valence-corrected chi connectivity index (χ4v) is 11.4. The molecule has 0 bridgehead atoms. The zero-order chi connectivity index (χ0) is 90.7. The van der Waals surface area contributed by atoms with Crippen LogP contribution in [0, 0.1) is 47.8 Å². The van der Waals surface area contributed by atoms with E-state index < -0.39 is 29.5 Å². The first-order valence-electron chi connectivity index (χ1n) is 38.3. The van der Waals surface area contributed by atoms with Crippen LogP contribution >= 0.6 is 27.5 Å². The third kappa shape index (κ3) is 34.2. The maximum absolute atomic E-state index is 10.2. The molecule has 9 aromatic heterocycles. The average Bonchev–Trinajstić information content (AvgIpc) is 1.62. The van der Waals surface area contributed by atoms with Crippen molar-refractivity contribution >= 4 is 71.1 Å². The number of nitrogens with one attached hydrogen (secondary N) is 1. The number of aliphatic hydroxyl groups excluding tert-OH is 1. The number of hydrogen-bond acceptors (Lipinski definition) is 28. The molecule has 2 fully saturated rings. The SMILES string of the molecule is C.CC.CC#N.CC(C)(O)c1cccc(CBr)n1.CC(C)(O)c1cccc(CO)n1.CC(C)(O)c1cccc(Cn2cc(B3OC(C)(C)C(C)(C)O3)cn2)n1.CC1(C)OB(c2cn[nH]c2)OC1(C)C.Cc1c(C#N)cccc1-c1cc(-c2cnn(Cc3cccc(C(C)(C)O)n3)c2)nc(N)n1.Cc1c(C#N)cccc1-c1cc(Cl)nc(N)n1.O=CO[O-].[Cs+].[Cs+].[H-]. The van der Waals surface area contributed by atoms with Crippen LogP contribution in [0.4, 0.5) is 11.9 Å². The summed E-state index contributed by atoms with van der Waals surface area (Å²) in [5.74, 6) is 0.265. The van der Waals surface area contributed by atoms with E-state index in [4.69, 9.17) is 67.4 Å². The van der Waals surface area contributed by atoms with Gasteiger partial charge < -0.3 is 67.2 Å². The molecule has 0 spiro atoms. The van der Waals surface area contributed by atoms with Gasteiger partial charge in [0.1, 0.15) is 27.6 Å². The Kier molecular flexibility index (Phi) is 46.7. The van der Waals surface area contributed by atoms with Gasteiger partial charge in [0, 0.05) is 76.9 Å². The van der Waals surface area contributed by atoms with Crippen LogP contribution in [0.15, 0.2) is 159 Å². The number of aromatic nitrogens is 14. The van der Waals surface area contributed by atoms with Crippen LogP contribution in [0.1, 0.15) is 208 Å². The number of hydrogen-bond donors (Lipinski definition) is 8. The van der Waals surface area contributed by atoms with Crippen LogP contribution in [0.2, 0.25) is 5.15 Å². The zero-order valence-electron chi connectivity index (χ0n) is 75.2. The van der Waals surface area contributed by atoms with Crippen molar-refractivity contribution in [2.75, 3.05) is 11.5 Å². The van der Waals surface area contributed by atoms with Crippen molar-refractivity contribution in [2.45, 2.75) is 223 Å². The first-order valence-corrected chi connectivity index (χ1v) is 39.8. The molecule has 2 aliphatic rings. The third-order valence-corrected chi connectivity index (χ3v) is 19.6. The van der Waals surface area contributed by atoms with Crippen molar-refractivity contribution in [3.63, 3.8) is 0 Å². The minimum atomic E-state index is -1.01. The van der Waals surface area contributed by atoms with Gasteiger partial charge in [-0.2, -0.15) is 31.1 Å². The molecule has 31 nitrogen and oxygen atoms in total. The molecule has 0 atom stereocenters. The van der Waals surface area contributed by atoms with Gasteiger partial charge in [-0.05, 0) is 202 Å². The topological polar surface area (TPSA) is 478 Å². The Balaban J connectivity index is 0.000000756. The van der Waals surface area contributed by atoms with E-state index in [2.05, 4.69) is 93.2 Å². The molecule has 10 N–H and O–H groups in total. The molecule has 13 rings (SSSR count). The van der Waals surface area contributed by atoms with E-state index in [0.717, 1.165) is 61.2 Å². The summed E-state index contributed by atoms with van der Waals surface area (Å²) in [6.07, 6.45) is 10.8. The molecule has 11 aromatic rings. The fourth-order valence-electron chi connectivity index (χ4n) is 10.9. The van der Waals surface area contributed by atoms with E-state index in [0.29, 0.717) is 69.8 Å². The summed E-state index contributed by atoms with van der Waals surface area (Å²) in [5, 5.41) is 98.8. The number of carbonyl (C=O) groups excluding carboxylic acids is 1.